The van der Waals surface area contributed by atoms with Gasteiger partial charge in [-0.3, -0.25) is 0 Å². The van der Waals surface area contributed by atoms with Crippen molar-refractivity contribution in [1.29, 1.82) is 0 Å². The highest BCUT2D eigenvalue weighted by Gasteiger charge is 2.13. The fraction of sp³-hybridized carbons (Fsp3) is 0.143. The minimum absolute atomic E-state index is 0.302. The first-order chi connectivity index (χ1) is 27.7. The van der Waals surface area contributed by atoms with E-state index in [2.05, 4.69) is 15.9 Å². The second-order valence-electron chi connectivity index (χ2n) is 13.2. The second-order valence-corrected chi connectivity index (χ2v) is 13.7. The topological polar surface area (TPSA) is 55.4 Å². The van der Waals surface area contributed by atoms with Crippen molar-refractivity contribution in [3.8, 4) is 34.5 Å². The first kappa shape index (κ1) is 38.1. The van der Waals surface area contributed by atoms with Gasteiger partial charge in [-0.1, -0.05) is 143 Å². The van der Waals surface area contributed by atoms with Crippen molar-refractivity contribution >= 4 is 15.9 Å². The molecule has 7 aromatic rings. The molecule has 6 nitrogen and oxygen atoms in total. The van der Waals surface area contributed by atoms with Gasteiger partial charge in [-0.25, -0.2) is 0 Å². The summed E-state index contributed by atoms with van der Waals surface area (Å²) in [4.78, 5) is 0. The Morgan fingerprint density at radius 2 is 0.571 bits per heavy atom. The molecule has 0 saturated heterocycles. The maximum absolute atomic E-state index is 6.47. The van der Waals surface area contributed by atoms with Crippen LogP contribution in [0.15, 0.2) is 176 Å². The van der Waals surface area contributed by atoms with E-state index in [0.29, 0.717) is 79.5 Å². The van der Waals surface area contributed by atoms with Gasteiger partial charge in [0.25, 0.3) is 0 Å². The summed E-state index contributed by atoms with van der Waals surface area (Å²) < 4.78 is 37.8. The molecule has 0 fully saturated rings. The lowest BCUT2D eigenvalue weighted by Crippen LogP contribution is -2.04. The summed E-state index contributed by atoms with van der Waals surface area (Å²) in [6.45, 7) is 2.38. The molecular weight excluding hydrogens is 764 g/mol. The normalized spacial score (nSPS) is 10.7. The molecule has 0 bridgehead atoms. The van der Waals surface area contributed by atoms with E-state index in [0.717, 1.165) is 38.9 Å². The lowest BCUT2D eigenvalue weighted by Gasteiger charge is -2.17. The third kappa shape index (κ3) is 11.4. The highest BCUT2D eigenvalue weighted by Crippen LogP contribution is 2.34. The predicted octanol–water partition coefficient (Wildman–Crippen LogP) is 12.1. The lowest BCUT2D eigenvalue weighted by molar-refractivity contribution is 0.274. The van der Waals surface area contributed by atoms with Gasteiger partial charge < -0.3 is 28.4 Å². The fourth-order valence-corrected chi connectivity index (χ4v) is 6.55. The zero-order valence-corrected chi connectivity index (χ0v) is 32.6. The average Bonchev–Trinajstić information content (AvgIpc) is 3.26. The van der Waals surface area contributed by atoms with Gasteiger partial charge in [-0.2, -0.15) is 0 Å². The van der Waals surface area contributed by atoms with Crippen LogP contribution in [0, 0.1) is 0 Å². The maximum Gasteiger partial charge on any atom is 0.127 e. The van der Waals surface area contributed by atoms with Crippen LogP contribution in [0.25, 0.3) is 0 Å². The molecule has 0 radical (unpaired) electrons. The highest BCUT2D eigenvalue weighted by atomic mass is 79.9. The fourth-order valence-electron chi connectivity index (χ4n) is 5.99. The molecule has 7 heteroatoms. The summed E-state index contributed by atoms with van der Waals surface area (Å²) >= 11 is 3.69. The van der Waals surface area contributed by atoms with Crippen molar-refractivity contribution < 1.29 is 28.4 Å². The molecule has 0 spiro atoms. The van der Waals surface area contributed by atoms with Crippen LogP contribution in [-0.4, -0.2) is 0 Å². The van der Waals surface area contributed by atoms with E-state index >= 15 is 0 Å². The molecule has 282 valence electrons. The van der Waals surface area contributed by atoms with Gasteiger partial charge in [0.1, 0.15) is 74.1 Å². The lowest BCUT2D eigenvalue weighted by atomic mass is 10.1. The van der Waals surface area contributed by atoms with Crippen LogP contribution < -0.4 is 28.4 Å². The zero-order valence-electron chi connectivity index (χ0n) is 31.0. The molecule has 56 heavy (non-hydrogen) atoms. The minimum Gasteiger partial charge on any atom is -0.489 e. The monoisotopic (exact) mass is 806 g/mol. The third-order valence-electron chi connectivity index (χ3n) is 8.89. The van der Waals surface area contributed by atoms with E-state index in [9.17, 15) is 0 Å². The standard InChI is InChI=1S/C49H43BrO6/c50-30-47-48(55-35-41-24-43(51-31-37-14-5-1-6-15-37)28-44(25-41)52-32-38-16-7-2-8-17-38)22-13-23-49(47)56-36-42-26-45(53-33-39-18-9-3-10-19-39)29-46(27-42)54-34-40-20-11-4-12-21-40/h1-29H,30-36H2. The summed E-state index contributed by atoms with van der Waals surface area (Å²) in [6.07, 6.45) is 0. The van der Waals surface area contributed by atoms with Gasteiger partial charge in [-0.05, 0) is 69.8 Å². The number of ether oxygens (including phenoxy) is 6. The molecule has 0 heterocycles. The van der Waals surface area contributed by atoms with Crippen LogP contribution in [-0.2, 0) is 45.0 Å². The van der Waals surface area contributed by atoms with E-state index in [1.807, 2.05) is 176 Å². The van der Waals surface area contributed by atoms with Crippen LogP contribution in [0.3, 0.4) is 0 Å². The first-order valence-electron chi connectivity index (χ1n) is 18.5. The number of rotatable bonds is 19. The molecule has 0 saturated carbocycles. The molecule has 7 rings (SSSR count). The van der Waals surface area contributed by atoms with E-state index in [1.165, 1.54) is 0 Å². The SMILES string of the molecule is BrCc1c(OCc2cc(OCc3ccccc3)cc(OCc3ccccc3)c2)cccc1OCc1cc(OCc2ccccc2)cc(OCc2ccccc2)c1. The average molecular weight is 808 g/mol. The second kappa shape index (κ2) is 19.9. The van der Waals surface area contributed by atoms with Gasteiger partial charge in [0.15, 0.2) is 0 Å². The van der Waals surface area contributed by atoms with Crippen molar-refractivity contribution in [3.63, 3.8) is 0 Å². The molecule has 0 atom stereocenters. The number of hydrogen-bond acceptors (Lipinski definition) is 6. The first-order valence-corrected chi connectivity index (χ1v) is 19.7. The highest BCUT2D eigenvalue weighted by molar-refractivity contribution is 9.08. The predicted molar refractivity (Wildman–Crippen MR) is 224 cm³/mol. The number of hydrogen-bond donors (Lipinski definition) is 0. The zero-order chi connectivity index (χ0) is 38.2. The summed E-state index contributed by atoms with van der Waals surface area (Å²) in [5.41, 5.74) is 7.08. The van der Waals surface area contributed by atoms with Gasteiger partial charge in [-0.15, -0.1) is 0 Å². The summed E-state index contributed by atoms with van der Waals surface area (Å²) in [6, 6.07) is 58.1. The Hall–Kier alpha value is -6.18. The number of halogens is 1. The molecule has 0 aliphatic carbocycles. The summed E-state index contributed by atoms with van der Waals surface area (Å²) in [5.74, 6) is 4.26. The van der Waals surface area contributed by atoms with Crippen molar-refractivity contribution in [2.24, 2.45) is 0 Å². The maximum atomic E-state index is 6.47. The Kier molecular flexibility index (Phi) is 13.6. The van der Waals surface area contributed by atoms with Crippen LogP contribution in [0.4, 0.5) is 0 Å². The van der Waals surface area contributed by atoms with Crippen molar-refractivity contribution in [2.45, 2.75) is 45.0 Å². The quantitative estimate of drug-likeness (QED) is 0.0759. The van der Waals surface area contributed by atoms with Gasteiger partial charge in [0, 0.05) is 23.0 Å². The van der Waals surface area contributed by atoms with Crippen molar-refractivity contribution in [3.05, 3.63) is 215 Å². The van der Waals surface area contributed by atoms with Gasteiger partial charge in [0.2, 0.25) is 0 Å². The molecule has 0 aromatic heterocycles. The number of alkyl halides is 1. The van der Waals surface area contributed by atoms with Crippen LogP contribution in [0.2, 0.25) is 0 Å². The Bertz CT molecular complexity index is 1970. The Morgan fingerprint density at radius 3 is 0.857 bits per heavy atom. The van der Waals surface area contributed by atoms with Crippen LogP contribution in [0.1, 0.15) is 38.9 Å². The molecule has 0 amide bonds. The Morgan fingerprint density at radius 1 is 0.286 bits per heavy atom. The Balaban J connectivity index is 1.05. The van der Waals surface area contributed by atoms with E-state index in [-0.39, 0.29) is 0 Å². The summed E-state index contributed by atoms with van der Waals surface area (Å²) in [5, 5.41) is 0.538. The largest absolute Gasteiger partial charge is 0.489 e. The molecular formula is C49H43BrO6. The minimum atomic E-state index is 0.302. The van der Waals surface area contributed by atoms with E-state index in [4.69, 9.17) is 28.4 Å². The van der Waals surface area contributed by atoms with Gasteiger partial charge in [0.05, 0.1) is 0 Å². The van der Waals surface area contributed by atoms with Crippen LogP contribution >= 0.6 is 15.9 Å². The van der Waals surface area contributed by atoms with E-state index < -0.39 is 0 Å². The van der Waals surface area contributed by atoms with Gasteiger partial charge >= 0.3 is 0 Å². The third-order valence-corrected chi connectivity index (χ3v) is 9.45. The Labute approximate surface area is 337 Å². The smallest absolute Gasteiger partial charge is 0.127 e. The van der Waals surface area contributed by atoms with Crippen LogP contribution in [0.5, 0.6) is 34.5 Å². The molecule has 0 aliphatic rings. The van der Waals surface area contributed by atoms with E-state index in [1.54, 1.807) is 0 Å². The van der Waals surface area contributed by atoms with Crippen molar-refractivity contribution in [1.82, 2.24) is 0 Å². The molecule has 0 unspecified atom stereocenters. The molecule has 7 aromatic carbocycles. The molecule has 0 N–H and O–H groups in total. The van der Waals surface area contributed by atoms with Crippen molar-refractivity contribution in [2.75, 3.05) is 0 Å². The summed E-state index contributed by atoms with van der Waals surface area (Å²) in [7, 11) is 0. The molecule has 0 aliphatic heterocycles. The number of benzene rings is 7.